The average Bonchev–Trinajstić information content (AvgIpc) is 3.20. The number of nitrogens with one attached hydrogen (secondary N) is 2. The summed E-state index contributed by atoms with van der Waals surface area (Å²) in [5.74, 6) is -2.93. The predicted molar refractivity (Wildman–Crippen MR) is 117 cm³/mol. The molecule has 0 spiro atoms. The summed E-state index contributed by atoms with van der Waals surface area (Å²) in [4.78, 5) is 24.2. The number of furan rings is 1. The monoisotopic (exact) mass is 442 g/mol. The van der Waals surface area contributed by atoms with Crippen molar-refractivity contribution in [2.24, 2.45) is 0 Å². The van der Waals surface area contributed by atoms with Gasteiger partial charge in [-0.05, 0) is 42.2 Å². The molecule has 0 aliphatic rings. The molecular weight excluding hydrogens is 418 g/mol. The number of alkyl halides is 1. The summed E-state index contributed by atoms with van der Waals surface area (Å²) in [7, 11) is -0.422. The van der Waals surface area contributed by atoms with E-state index in [9.17, 15) is 24.0 Å². The Morgan fingerprint density at radius 2 is 1.94 bits per heavy atom. The molecule has 3 aromatic rings. The molecule has 1 unspecified atom stereocenters. The highest BCUT2D eigenvalue weighted by Crippen LogP contribution is 2.22. The molecule has 4 N–H and O–H groups in total. The van der Waals surface area contributed by atoms with Crippen LogP contribution >= 0.6 is 0 Å². The highest BCUT2D eigenvalue weighted by molar-refractivity contribution is 6.43. The molecule has 0 saturated carbocycles. The third kappa shape index (κ3) is 5.86. The zero-order chi connectivity index (χ0) is 23.1. The summed E-state index contributed by atoms with van der Waals surface area (Å²) in [5.41, 5.74) is 2.08. The van der Waals surface area contributed by atoms with Gasteiger partial charge < -0.3 is 29.8 Å². The van der Waals surface area contributed by atoms with Crippen LogP contribution in [0.3, 0.4) is 0 Å². The quantitative estimate of drug-likeness (QED) is 0.277. The Morgan fingerprint density at radius 1 is 1.16 bits per heavy atom. The van der Waals surface area contributed by atoms with Gasteiger partial charge in [0.25, 0.3) is 18.0 Å². The number of halogens is 1. The average molecular weight is 442 g/mol. The molecule has 0 aliphatic carbocycles. The Hall–Kier alpha value is -3.37. The standard InChI is InChI=1S/C22H24BFN2O6/c1-31-16-6-4-5-14(11-16)9-10-25-21(27)20(24)22(28)26-19(23(29)30)12-15-13-32-18-8-3-2-7-17(15)18/h2-8,11,13,19-20,29-30H,9-10,12H2,1H3,(H,25,27)(H,26,28)/t19-,20?/m0/s1. The van der Waals surface area contributed by atoms with Gasteiger partial charge in [-0.2, -0.15) is 0 Å². The van der Waals surface area contributed by atoms with Gasteiger partial charge in [-0.3, -0.25) is 9.59 Å². The minimum Gasteiger partial charge on any atom is -0.497 e. The minimum absolute atomic E-state index is 0.0232. The number of methoxy groups -OCH3 is 1. The smallest absolute Gasteiger partial charge is 0.475 e. The van der Waals surface area contributed by atoms with E-state index in [1.807, 2.05) is 6.07 Å². The number of rotatable bonds is 10. The minimum atomic E-state index is -2.50. The van der Waals surface area contributed by atoms with Gasteiger partial charge in [-0.1, -0.05) is 30.3 Å². The maximum Gasteiger partial charge on any atom is 0.475 e. The van der Waals surface area contributed by atoms with Gasteiger partial charge in [0, 0.05) is 11.9 Å². The van der Waals surface area contributed by atoms with Gasteiger partial charge in [-0.15, -0.1) is 0 Å². The number of benzene rings is 2. The fourth-order valence-corrected chi connectivity index (χ4v) is 3.28. The number of carbonyl (C=O) groups is 2. The third-order valence-electron chi connectivity index (χ3n) is 5.00. The first-order valence-corrected chi connectivity index (χ1v) is 10.1. The molecule has 0 saturated heterocycles. The molecule has 2 aromatic carbocycles. The van der Waals surface area contributed by atoms with Crippen molar-refractivity contribution in [2.45, 2.75) is 25.0 Å². The molecular formula is C22H24BFN2O6. The topological polar surface area (TPSA) is 121 Å². The van der Waals surface area contributed by atoms with E-state index in [1.54, 1.807) is 49.6 Å². The number of hydrogen-bond acceptors (Lipinski definition) is 6. The molecule has 32 heavy (non-hydrogen) atoms. The highest BCUT2D eigenvalue weighted by Gasteiger charge is 2.32. The van der Waals surface area contributed by atoms with Crippen molar-refractivity contribution in [3.63, 3.8) is 0 Å². The first-order valence-electron chi connectivity index (χ1n) is 10.1. The molecule has 3 rings (SSSR count). The number of ether oxygens (including phenoxy) is 1. The summed E-state index contributed by atoms with van der Waals surface area (Å²) in [6.07, 6.45) is -0.666. The summed E-state index contributed by atoms with van der Waals surface area (Å²) in [5, 5.41) is 24.6. The molecule has 8 nitrogen and oxygen atoms in total. The van der Waals surface area contributed by atoms with Crippen LogP contribution in [-0.4, -0.2) is 54.7 Å². The number of hydrogen-bond donors (Lipinski definition) is 4. The zero-order valence-corrected chi connectivity index (χ0v) is 17.5. The maximum atomic E-state index is 14.4. The summed E-state index contributed by atoms with van der Waals surface area (Å²) in [6.45, 7) is 0.118. The molecule has 2 atom stereocenters. The van der Waals surface area contributed by atoms with Gasteiger partial charge in [-0.25, -0.2) is 4.39 Å². The third-order valence-corrected chi connectivity index (χ3v) is 5.00. The van der Waals surface area contributed by atoms with Crippen LogP contribution in [0.2, 0.25) is 0 Å². The summed E-state index contributed by atoms with van der Waals surface area (Å²) >= 11 is 0. The van der Waals surface area contributed by atoms with Crippen molar-refractivity contribution in [3.05, 3.63) is 65.9 Å². The molecule has 10 heteroatoms. The van der Waals surface area contributed by atoms with Crippen molar-refractivity contribution in [3.8, 4) is 5.75 Å². The van der Waals surface area contributed by atoms with E-state index in [0.717, 1.165) is 10.9 Å². The summed E-state index contributed by atoms with van der Waals surface area (Å²) < 4.78 is 24.9. The van der Waals surface area contributed by atoms with E-state index >= 15 is 0 Å². The molecule has 168 valence electrons. The molecule has 2 amide bonds. The number of amides is 2. The Bertz CT molecular complexity index is 1070. The van der Waals surface area contributed by atoms with E-state index < -0.39 is 31.0 Å². The number of fused-ring (bicyclic) bond motifs is 1. The Labute approximate surface area is 184 Å². The van der Waals surface area contributed by atoms with E-state index in [1.165, 1.54) is 6.26 Å². The first-order chi connectivity index (χ1) is 15.4. The molecule has 0 radical (unpaired) electrons. The van der Waals surface area contributed by atoms with E-state index in [2.05, 4.69) is 10.6 Å². The van der Waals surface area contributed by atoms with Crippen LogP contribution < -0.4 is 15.4 Å². The van der Waals surface area contributed by atoms with Crippen molar-refractivity contribution < 1.29 is 33.2 Å². The van der Waals surface area contributed by atoms with Crippen molar-refractivity contribution in [1.29, 1.82) is 0 Å². The highest BCUT2D eigenvalue weighted by atomic mass is 19.1. The lowest BCUT2D eigenvalue weighted by atomic mass is 9.76. The first kappa shape index (κ1) is 23.3. The van der Waals surface area contributed by atoms with Crippen molar-refractivity contribution >= 4 is 29.9 Å². The fourth-order valence-electron chi connectivity index (χ4n) is 3.28. The van der Waals surface area contributed by atoms with Gasteiger partial charge in [0.2, 0.25) is 0 Å². The summed E-state index contributed by atoms with van der Waals surface area (Å²) in [6, 6.07) is 14.3. The molecule has 1 heterocycles. The van der Waals surface area contributed by atoms with Gasteiger partial charge in [0.1, 0.15) is 11.3 Å². The van der Waals surface area contributed by atoms with E-state index in [0.29, 0.717) is 23.3 Å². The second kappa shape index (κ2) is 10.8. The normalized spacial score (nSPS) is 12.8. The Kier molecular flexibility index (Phi) is 7.85. The molecule has 0 bridgehead atoms. The molecule has 0 fully saturated rings. The Morgan fingerprint density at radius 3 is 2.69 bits per heavy atom. The lowest BCUT2D eigenvalue weighted by Gasteiger charge is -2.18. The second-order valence-electron chi connectivity index (χ2n) is 7.25. The lowest BCUT2D eigenvalue weighted by molar-refractivity contribution is -0.136. The van der Waals surface area contributed by atoms with Gasteiger partial charge >= 0.3 is 7.12 Å². The molecule has 1 aromatic heterocycles. The number of carbonyl (C=O) groups excluding carboxylic acids is 2. The van der Waals surface area contributed by atoms with Crippen LogP contribution in [-0.2, 0) is 22.4 Å². The van der Waals surface area contributed by atoms with Crippen LogP contribution in [0.15, 0.2) is 59.2 Å². The van der Waals surface area contributed by atoms with Crippen LogP contribution in [0, 0.1) is 0 Å². The molecule has 0 aliphatic heterocycles. The second-order valence-corrected chi connectivity index (χ2v) is 7.25. The van der Waals surface area contributed by atoms with E-state index in [-0.39, 0.29) is 13.0 Å². The van der Waals surface area contributed by atoms with Crippen molar-refractivity contribution in [2.75, 3.05) is 13.7 Å². The van der Waals surface area contributed by atoms with Gasteiger partial charge in [0.05, 0.1) is 19.3 Å². The Balaban J connectivity index is 1.54. The number of para-hydroxylation sites is 1. The maximum absolute atomic E-state index is 14.4. The van der Waals surface area contributed by atoms with E-state index in [4.69, 9.17) is 9.15 Å². The fraction of sp³-hybridized carbons (Fsp3) is 0.273. The van der Waals surface area contributed by atoms with Crippen LogP contribution in [0.4, 0.5) is 4.39 Å². The predicted octanol–water partition coefficient (Wildman–Crippen LogP) is 1.18. The van der Waals surface area contributed by atoms with Crippen molar-refractivity contribution in [1.82, 2.24) is 10.6 Å². The van der Waals surface area contributed by atoms with Crippen LogP contribution in [0.1, 0.15) is 11.1 Å². The largest absolute Gasteiger partial charge is 0.497 e. The lowest BCUT2D eigenvalue weighted by Crippen LogP contribution is -2.53. The SMILES string of the molecule is COc1cccc(CCNC(=O)C(F)C(=O)N[C@@H](Cc2coc3ccccc23)B(O)O)c1. The van der Waals surface area contributed by atoms with Crippen LogP contribution in [0.25, 0.3) is 11.0 Å². The zero-order valence-electron chi connectivity index (χ0n) is 17.5. The van der Waals surface area contributed by atoms with Gasteiger partial charge in [0.15, 0.2) is 0 Å². The van der Waals surface area contributed by atoms with Crippen LogP contribution in [0.5, 0.6) is 5.75 Å².